The van der Waals surface area contributed by atoms with Crippen molar-refractivity contribution in [3.63, 3.8) is 0 Å². The molecule has 1 aliphatic rings. The van der Waals surface area contributed by atoms with E-state index >= 15 is 0 Å². The summed E-state index contributed by atoms with van der Waals surface area (Å²) in [5.74, 6) is -2.06. The molecule has 0 bridgehead atoms. The maximum atomic E-state index is 12.0. The lowest BCUT2D eigenvalue weighted by Gasteiger charge is -2.40. The van der Waals surface area contributed by atoms with Crippen molar-refractivity contribution in [2.45, 2.75) is 12.1 Å². The summed E-state index contributed by atoms with van der Waals surface area (Å²) in [6, 6.07) is 2.44. The van der Waals surface area contributed by atoms with Gasteiger partial charge in [-0.25, -0.2) is 9.59 Å². The third-order valence-electron chi connectivity index (χ3n) is 3.48. The summed E-state index contributed by atoms with van der Waals surface area (Å²) in [6.45, 7) is 0.363. The van der Waals surface area contributed by atoms with Gasteiger partial charge in [-0.2, -0.15) is 0 Å². The van der Waals surface area contributed by atoms with Gasteiger partial charge in [-0.3, -0.25) is 4.79 Å². The van der Waals surface area contributed by atoms with Crippen LogP contribution in [-0.2, 0) is 4.79 Å². The Hall–Kier alpha value is -3.01. The van der Waals surface area contributed by atoms with E-state index in [1.165, 1.54) is 23.1 Å². The topological polar surface area (TPSA) is 168 Å². The minimum atomic E-state index is -1.31. The van der Waals surface area contributed by atoms with Crippen molar-refractivity contribution in [2.75, 3.05) is 19.6 Å². The number of ether oxygens (including phenoxy) is 1. The van der Waals surface area contributed by atoms with Gasteiger partial charge in [-0.15, -0.1) is 0 Å². The van der Waals surface area contributed by atoms with E-state index < -0.39 is 29.9 Å². The van der Waals surface area contributed by atoms with Gasteiger partial charge in [0, 0.05) is 6.54 Å². The molecule has 3 amide bonds. The average Bonchev–Trinajstić information content (AvgIpc) is 2.46. The Bertz CT molecular complexity index is 659. The molecule has 1 atom stereocenters. The van der Waals surface area contributed by atoms with Gasteiger partial charge in [0.1, 0.15) is 29.2 Å². The van der Waals surface area contributed by atoms with Crippen LogP contribution in [0.1, 0.15) is 10.4 Å². The van der Waals surface area contributed by atoms with Gasteiger partial charge < -0.3 is 36.6 Å². The number of nitrogens with two attached hydrogens (primary N) is 2. The van der Waals surface area contributed by atoms with E-state index in [4.69, 9.17) is 21.3 Å². The smallest absolute Gasteiger partial charge is 0.343 e. The van der Waals surface area contributed by atoms with E-state index in [1.807, 2.05) is 0 Å². The van der Waals surface area contributed by atoms with Gasteiger partial charge in [0.25, 0.3) is 0 Å². The highest BCUT2D eigenvalue weighted by Gasteiger charge is 2.35. The Kier molecular flexibility index (Phi) is 5.09. The van der Waals surface area contributed by atoms with E-state index in [2.05, 4.69) is 5.32 Å². The molecule has 1 aromatic carbocycles. The summed E-state index contributed by atoms with van der Waals surface area (Å²) in [4.78, 5) is 35.1. The summed E-state index contributed by atoms with van der Waals surface area (Å²) >= 11 is 0. The quantitative estimate of drug-likeness (QED) is 0.428. The number of likely N-dealkylation sites (tertiary alicyclic amines) is 1. The van der Waals surface area contributed by atoms with Crippen LogP contribution >= 0.6 is 0 Å². The number of phenols is 1. The molecule has 0 aromatic heterocycles. The second kappa shape index (κ2) is 7.04. The van der Waals surface area contributed by atoms with Crippen molar-refractivity contribution in [1.29, 1.82) is 0 Å². The zero-order chi connectivity index (χ0) is 17.9. The lowest BCUT2D eigenvalue weighted by Crippen LogP contribution is -2.61. The first kappa shape index (κ1) is 17.3. The summed E-state index contributed by atoms with van der Waals surface area (Å²) in [6.07, 6.45) is -0.412. The molecule has 24 heavy (non-hydrogen) atoms. The number of aromatic hydroxyl groups is 1. The molecule has 10 nitrogen and oxygen atoms in total. The molecule has 1 saturated heterocycles. The third-order valence-corrected chi connectivity index (χ3v) is 3.48. The molecule has 1 heterocycles. The number of hydrogen-bond acceptors (Lipinski definition) is 6. The standard InChI is InChI=1S/C14H18N4O6/c15-8(4-17-14(16)23)12(20)18-5-7(6-18)24-10-3-1-2-9(19)11(10)13(21)22/h1-3,7-8,19H,4-6,15H2,(H,21,22)(H3,16,17,23)/t8-/m1/s1. The number of aromatic carboxylic acids is 1. The van der Waals surface area contributed by atoms with Gasteiger partial charge in [-0.05, 0) is 12.1 Å². The summed E-state index contributed by atoms with van der Waals surface area (Å²) in [7, 11) is 0. The minimum absolute atomic E-state index is 0.0271. The molecule has 1 fully saturated rings. The van der Waals surface area contributed by atoms with Crippen molar-refractivity contribution in [3.8, 4) is 11.5 Å². The molecule has 130 valence electrons. The fourth-order valence-electron chi connectivity index (χ4n) is 2.24. The second-order valence-electron chi connectivity index (χ2n) is 5.29. The van der Waals surface area contributed by atoms with Gasteiger partial charge in [0.05, 0.1) is 13.1 Å². The van der Waals surface area contributed by atoms with Gasteiger partial charge in [0.2, 0.25) is 5.91 Å². The normalized spacial score (nSPS) is 15.3. The highest BCUT2D eigenvalue weighted by atomic mass is 16.5. The SMILES string of the molecule is NC(=O)NC[C@@H](N)C(=O)N1CC(Oc2cccc(O)c2C(=O)O)C1. The number of carbonyl (C=O) groups is 3. The Balaban J connectivity index is 1.89. The number of urea groups is 1. The van der Waals surface area contributed by atoms with Crippen LogP contribution in [0.15, 0.2) is 18.2 Å². The van der Waals surface area contributed by atoms with E-state index in [1.54, 1.807) is 0 Å². The molecule has 0 aliphatic carbocycles. The molecule has 1 aliphatic heterocycles. The van der Waals surface area contributed by atoms with Crippen LogP contribution in [0.4, 0.5) is 4.79 Å². The number of carboxylic acids is 1. The summed E-state index contributed by atoms with van der Waals surface area (Å²) in [5, 5.41) is 20.9. The molecule has 0 saturated carbocycles. The van der Waals surface area contributed by atoms with Gasteiger partial charge >= 0.3 is 12.0 Å². The van der Waals surface area contributed by atoms with Crippen LogP contribution < -0.4 is 21.5 Å². The van der Waals surface area contributed by atoms with Crippen LogP contribution in [0, 0.1) is 0 Å². The first-order valence-corrected chi connectivity index (χ1v) is 7.09. The molecule has 7 N–H and O–H groups in total. The van der Waals surface area contributed by atoms with Crippen molar-refractivity contribution in [3.05, 3.63) is 23.8 Å². The molecule has 0 unspecified atom stereocenters. The minimum Gasteiger partial charge on any atom is -0.507 e. The predicted octanol–water partition coefficient (Wildman–Crippen LogP) is -1.32. The first-order valence-electron chi connectivity index (χ1n) is 7.09. The highest BCUT2D eigenvalue weighted by Crippen LogP contribution is 2.29. The maximum Gasteiger partial charge on any atom is 0.343 e. The van der Waals surface area contributed by atoms with E-state index in [0.29, 0.717) is 0 Å². The Morgan fingerprint density at radius 1 is 1.38 bits per heavy atom. The zero-order valence-corrected chi connectivity index (χ0v) is 12.6. The maximum absolute atomic E-state index is 12.0. The number of hydrogen-bond donors (Lipinski definition) is 5. The van der Waals surface area contributed by atoms with Crippen LogP contribution in [0.3, 0.4) is 0 Å². The lowest BCUT2D eigenvalue weighted by molar-refractivity contribution is -0.141. The van der Waals surface area contributed by atoms with Crippen LogP contribution in [0.5, 0.6) is 11.5 Å². The number of nitrogens with zero attached hydrogens (tertiary/aromatic N) is 1. The Labute approximate surface area is 137 Å². The third kappa shape index (κ3) is 3.84. The molecule has 2 rings (SSSR count). The Morgan fingerprint density at radius 3 is 2.62 bits per heavy atom. The van der Waals surface area contributed by atoms with E-state index in [9.17, 15) is 19.5 Å². The van der Waals surface area contributed by atoms with Crippen LogP contribution in [0.25, 0.3) is 0 Å². The van der Waals surface area contributed by atoms with Crippen LogP contribution in [0.2, 0.25) is 0 Å². The monoisotopic (exact) mass is 338 g/mol. The number of amides is 3. The molecule has 0 spiro atoms. The average molecular weight is 338 g/mol. The van der Waals surface area contributed by atoms with Crippen molar-refractivity contribution in [1.82, 2.24) is 10.2 Å². The van der Waals surface area contributed by atoms with Gasteiger partial charge in [0.15, 0.2) is 0 Å². The van der Waals surface area contributed by atoms with E-state index in [0.717, 1.165) is 0 Å². The van der Waals surface area contributed by atoms with E-state index in [-0.39, 0.29) is 36.9 Å². The number of carboxylic acid groups (broad SMARTS) is 1. The number of carbonyl (C=O) groups excluding carboxylic acids is 2. The number of primary amides is 1. The van der Waals surface area contributed by atoms with Crippen LogP contribution in [-0.4, -0.2) is 64.8 Å². The second-order valence-corrected chi connectivity index (χ2v) is 5.29. The lowest BCUT2D eigenvalue weighted by atomic mass is 10.1. The largest absolute Gasteiger partial charge is 0.507 e. The molecular weight excluding hydrogens is 320 g/mol. The van der Waals surface area contributed by atoms with Crippen molar-refractivity contribution < 1.29 is 29.3 Å². The molecule has 10 heteroatoms. The summed E-state index contributed by atoms with van der Waals surface area (Å²) in [5.41, 5.74) is 10.2. The number of benzene rings is 1. The van der Waals surface area contributed by atoms with Crippen molar-refractivity contribution in [2.24, 2.45) is 11.5 Å². The van der Waals surface area contributed by atoms with Crippen molar-refractivity contribution >= 4 is 17.9 Å². The molecule has 1 aromatic rings. The number of rotatable bonds is 6. The zero-order valence-electron chi connectivity index (χ0n) is 12.6. The Morgan fingerprint density at radius 2 is 2.04 bits per heavy atom. The van der Waals surface area contributed by atoms with Gasteiger partial charge in [-0.1, -0.05) is 6.07 Å². The summed E-state index contributed by atoms with van der Waals surface area (Å²) < 4.78 is 5.52. The predicted molar refractivity (Wildman–Crippen MR) is 81.6 cm³/mol. The first-order chi connectivity index (χ1) is 11.3. The fraction of sp³-hybridized carbons (Fsp3) is 0.357. The fourth-order valence-corrected chi connectivity index (χ4v) is 2.24. The highest BCUT2D eigenvalue weighted by molar-refractivity contribution is 5.94. The molecule has 0 radical (unpaired) electrons. The molecular formula is C14H18N4O6. The number of nitrogens with one attached hydrogen (secondary N) is 1.